The smallest absolute Gasteiger partial charge is 0.385 e. The van der Waals surface area contributed by atoms with E-state index in [1.807, 2.05) is 0 Å². The molecule has 0 saturated heterocycles. The molecule has 2 rings (SSSR count). The van der Waals surface area contributed by atoms with Crippen LogP contribution in [0.2, 0.25) is 0 Å². The predicted octanol–water partition coefficient (Wildman–Crippen LogP) is 3.45. The Labute approximate surface area is 119 Å². The van der Waals surface area contributed by atoms with E-state index in [9.17, 15) is 23.3 Å². The molecule has 0 bridgehead atoms. The first-order valence-electron chi connectivity index (χ1n) is 6.43. The second-order valence-corrected chi connectivity index (χ2v) is 5.06. The number of hydrogen-bond donors (Lipinski definition) is 1. The highest BCUT2D eigenvalue weighted by Gasteiger charge is 2.38. The number of nitrogens with zero attached hydrogens (tertiary/aromatic N) is 1. The zero-order chi connectivity index (χ0) is 15.6. The lowest BCUT2D eigenvalue weighted by atomic mass is 9.82. The number of rotatable bonds is 5. The monoisotopic (exact) mass is 304 g/mol. The maximum Gasteiger partial charge on any atom is 0.423 e. The molecule has 0 aromatic heterocycles. The largest absolute Gasteiger partial charge is 0.423 e. The third kappa shape index (κ3) is 3.63. The summed E-state index contributed by atoms with van der Waals surface area (Å²) in [5.41, 5.74) is -1.94. The molecule has 1 aromatic carbocycles. The van der Waals surface area contributed by atoms with Crippen LogP contribution in [0.15, 0.2) is 18.2 Å². The Morgan fingerprint density at radius 1 is 1.43 bits per heavy atom. The summed E-state index contributed by atoms with van der Waals surface area (Å²) in [4.78, 5) is 9.62. The predicted molar refractivity (Wildman–Crippen MR) is 70.1 cm³/mol. The maximum atomic E-state index is 12.8. The number of alkyl halides is 3. The quantitative estimate of drug-likeness (QED) is 0.668. The molecule has 5 nitrogen and oxygen atoms in total. The van der Waals surface area contributed by atoms with E-state index in [1.165, 1.54) is 6.07 Å². The van der Waals surface area contributed by atoms with Crippen LogP contribution in [-0.4, -0.2) is 24.7 Å². The molecule has 0 radical (unpaired) electrons. The van der Waals surface area contributed by atoms with Crippen molar-refractivity contribution in [1.82, 2.24) is 0 Å². The van der Waals surface area contributed by atoms with Gasteiger partial charge in [0.1, 0.15) is 5.56 Å². The van der Waals surface area contributed by atoms with E-state index in [1.54, 1.807) is 7.11 Å². The van der Waals surface area contributed by atoms with Crippen LogP contribution in [0.4, 0.5) is 24.5 Å². The first kappa shape index (κ1) is 15.6. The highest BCUT2D eigenvalue weighted by molar-refractivity contribution is 5.55. The number of halogens is 3. The Balaban J connectivity index is 2.06. The fourth-order valence-electron chi connectivity index (χ4n) is 2.33. The van der Waals surface area contributed by atoms with Crippen molar-refractivity contribution in [1.29, 1.82) is 0 Å². The lowest BCUT2D eigenvalue weighted by Gasteiger charge is -2.34. The van der Waals surface area contributed by atoms with E-state index in [0.29, 0.717) is 12.5 Å². The number of hydrogen-bond acceptors (Lipinski definition) is 4. The SMILES string of the molecule is COC1CC(CNc2ccc([N+](=O)[O-])c(C(F)(F)F)c2)C1. The molecule has 116 valence electrons. The molecule has 0 atom stereocenters. The third-order valence-corrected chi connectivity index (χ3v) is 3.62. The molecule has 0 aliphatic heterocycles. The Hall–Kier alpha value is -1.83. The molecule has 0 heterocycles. The van der Waals surface area contributed by atoms with Crippen LogP contribution in [0.25, 0.3) is 0 Å². The van der Waals surface area contributed by atoms with Crippen molar-refractivity contribution in [2.24, 2.45) is 5.92 Å². The number of ether oxygens (including phenoxy) is 1. The van der Waals surface area contributed by atoms with Crippen molar-refractivity contribution in [3.05, 3.63) is 33.9 Å². The lowest BCUT2D eigenvalue weighted by Crippen LogP contribution is -2.34. The molecule has 1 fully saturated rings. The van der Waals surface area contributed by atoms with Gasteiger partial charge in [0, 0.05) is 25.4 Å². The van der Waals surface area contributed by atoms with Gasteiger partial charge in [0.25, 0.3) is 5.69 Å². The second kappa shape index (κ2) is 5.88. The Morgan fingerprint density at radius 3 is 2.62 bits per heavy atom. The number of nitro groups is 1. The summed E-state index contributed by atoms with van der Waals surface area (Å²) in [5, 5.41) is 13.5. The molecule has 8 heteroatoms. The van der Waals surface area contributed by atoms with Crippen LogP contribution in [0.3, 0.4) is 0 Å². The summed E-state index contributed by atoms with van der Waals surface area (Å²) in [6.45, 7) is 0.523. The summed E-state index contributed by atoms with van der Waals surface area (Å²) in [7, 11) is 1.63. The van der Waals surface area contributed by atoms with Crippen LogP contribution in [0, 0.1) is 16.0 Å². The number of nitro benzene ring substituents is 1. The molecule has 1 N–H and O–H groups in total. The molecule has 21 heavy (non-hydrogen) atoms. The summed E-state index contributed by atoms with van der Waals surface area (Å²) < 4.78 is 43.6. The average molecular weight is 304 g/mol. The van der Waals surface area contributed by atoms with Crippen LogP contribution >= 0.6 is 0 Å². The van der Waals surface area contributed by atoms with Crippen LogP contribution in [0.1, 0.15) is 18.4 Å². The number of benzene rings is 1. The van der Waals surface area contributed by atoms with Gasteiger partial charge in [-0.1, -0.05) is 0 Å². The van der Waals surface area contributed by atoms with Gasteiger partial charge in [-0.3, -0.25) is 10.1 Å². The minimum atomic E-state index is -4.75. The molecular weight excluding hydrogens is 289 g/mol. The Kier molecular flexibility index (Phi) is 4.36. The molecule has 0 amide bonds. The molecule has 1 aromatic rings. The maximum absolute atomic E-state index is 12.8. The van der Waals surface area contributed by atoms with Gasteiger partial charge in [-0.05, 0) is 30.9 Å². The summed E-state index contributed by atoms with van der Waals surface area (Å²) in [5.74, 6) is 0.347. The third-order valence-electron chi connectivity index (χ3n) is 3.62. The zero-order valence-electron chi connectivity index (χ0n) is 11.3. The van der Waals surface area contributed by atoms with Gasteiger partial charge in [0.05, 0.1) is 11.0 Å². The lowest BCUT2D eigenvalue weighted by molar-refractivity contribution is -0.388. The van der Waals surface area contributed by atoms with Crippen LogP contribution in [0.5, 0.6) is 0 Å². The minimum absolute atomic E-state index is 0.222. The Morgan fingerprint density at radius 2 is 2.10 bits per heavy atom. The zero-order valence-corrected chi connectivity index (χ0v) is 11.3. The van der Waals surface area contributed by atoms with Crippen LogP contribution in [-0.2, 0) is 10.9 Å². The van der Waals surface area contributed by atoms with Gasteiger partial charge in [-0.15, -0.1) is 0 Å². The van der Waals surface area contributed by atoms with Crippen molar-refractivity contribution < 1.29 is 22.8 Å². The van der Waals surface area contributed by atoms with Gasteiger partial charge in [-0.2, -0.15) is 13.2 Å². The first-order valence-corrected chi connectivity index (χ1v) is 6.43. The highest BCUT2D eigenvalue weighted by atomic mass is 19.4. The van der Waals surface area contributed by atoms with Crippen molar-refractivity contribution in [2.75, 3.05) is 19.0 Å². The fourth-order valence-corrected chi connectivity index (χ4v) is 2.33. The molecule has 1 aliphatic rings. The summed E-state index contributed by atoms with van der Waals surface area (Å²) in [6.07, 6.45) is -2.80. The molecule has 1 saturated carbocycles. The summed E-state index contributed by atoms with van der Waals surface area (Å²) >= 11 is 0. The topological polar surface area (TPSA) is 64.4 Å². The number of nitrogens with one attached hydrogen (secondary N) is 1. The van der Waals surface area contributed by atoms with Gasteiger partial charge in [0.15, 0.2) is 0 Å². The van der Waals surface area contributed by atoms with Crippen molar-refractivity contribution in [3.63, 3.8) is 0 Å². The molecule has 0 unspecified atom stereocenters. The highest BCUT2D eigenvalue weighted by Crippen LogP contribution is 2.38. The van der Waals surface area contributed by atoms with Crippen LogP contribution < -0.4 is 5.32 Å². The minimum Gasteiger partial charge on any atom is -0.385 e. The van der Waals surface area contributed by atoms with E-state index in [2.05, 4.69) is 5.32 Å². The van der Waals surface area contributed by atoms with E-state index in [-0.39, 0.29) is 11.8 Å². The van der Waals surface area contributed by atoms with Crippen molar-refractivity contribution in [2.45, 2.75) is 25.1 Å². The van der Waals surface area contributed by atoms with Gasteiger partial charge in [0.2, 0.25) is 0 Å². The van der Waals surface area contributed by atoms with Gasteiger partial charge < -0.3 is 10.1 Å². The van der Waals surface area contributed by atoms with E-state index in [4.69, 9.17) is 4.74 Å². The van der Waals surface area contributed by atoms with E-state index in [0.717, 1.165) is 25.0 Å². The van der Waals surface area contributed by atoms with Gasteiger partial charge in [-0.25, -0.2) is 0 Å². The summed E-state index contributed by atoms with van der Waals surface area (Å²) in [6, 6.07) is 2.95. The number of anilines is 1. The first-order chi connectivity index (χ1) is 9.81. The van der Waals surface area contributed by atoms with E-state index >= 15 is 0 Å². The molecule has 1 aliphatic carbocycles. The normalized spacial score (nSPS) is 21.7. The number of methoxy groups -OCH3 is 1. The average Bonchev–Trinajstić information content (AvgIpc) is 2.35. The second-order valence-electron chi connectivity index (χ2n) is 5.06. The Bertz CT molecular complexity index is 528. The molecular formula is C13H15F3N2O3. The standard InChI is InChI=1S/C13H15F3N2O3/c1-21-10-4-8(5-10)7-17-9-2-3-12(18(19)20)11(6-9)13(14,15)16/h2-3,6,8,10,17H,4-5,7H2,1H3. The van der Waals surface area contributed by atoms with E-state index < -0.39 is 22.4 Å². The fraction of sp³-hybridized carbons (Fsp3) is 0.538. The van der Waals surface area contributed by atoms with Crippen molar-refractivity contribution in [3.8, 4) is 0 Å². The van der Waals surface area contributed by atoms with Gasteiger partial charge >= 0.3 is 6.18 Å². The van der Waals surface area contributed by atoms with Crippen molar-refractivity contribution >= 4 is 11.4 Å². The molecule has 0 spiro atoms.